The Balaban J connectivity index is 1.01. The minimum atomic E-state index is -4.13. The van der Waals surface area contributed by atoms with Crippen molar-refractivity contribution in [2.45, 2.75) is 102 Å². The molecule has 258 valence electrons. The van der Waals surface area contributed by atoms with E-state index in [0.29, 0.717) is 40.4 Å². The number of hydrogen-bond acceptors (Lipinski definition) is 6. The van der Waals surface area contributed by atoms with E-state index in [1.165, 1.54) is 51.0 Å². The molecule has 0 radical (unpaired) electrons. The Morgan fingerprint density at radius 2 is 1.62 bits per heavy atom. The first-order valence-corrected chi connectivity index (χ1v) is 19.4. The molecule has 2 aromatic carbocycles. The zero-order valence-electron chi connectivity index (χ0n) is 28.9. The topological polar surface area (TPSA) is 116 Å². The van der Waals surface area contributed by atoms with Gasteiger partial charge in [0.1, 0.15) is 0 Å². The van der Waals surface area contributed by atoms with E-state index in [0.717, 1.165) is 48.1 Å². The molecule has 0 spiro atoms. The molecule has 9 atom stereocenters. The summed E-state index contributed by atoms with van der Waals surface area (Å²) in [5.74, 6) is 2.98. The second-order valence-corrected chi connectivity index (χ2v) is 17.8. The van der Waals surface area contributed by atoms with Gasteiger partial charge in [0, 0.05) is 37.0 Å². The van der Waals surface area contributed by atoms with Crippen LogP contribution in [-0.2, 0) is 19.6 Å². The number of benzene rings is 2. The van der Waals surface area contributed by atoms with Crippen LogP contribution in [-0.4, -0.2) is 52.1 Å². The molecular weight excluding hydrogens is 611 g/mol. The number of carbonyl (C=O) groups excluding carboxylic acids is 2. The first-order chi connectivity index (χ1) is 22.2. The second kappa shape index (κ2) is 13.0. The Hall–Kier alpha value is -2.65. The SMILES string of the molecule is C[C@H](CCC(=O)NCC(=O)NS(=O)(=O)c1cccc2c(N(C)C)cccc12)[C@H]1CC[C@H]2[C@@H]3CC[C@@H]4C[C@H](O)CC[C@]4(C)[C@H]3CC[C@]12C. The summed E-state index contributed by atoms with van der Waals surface area (Å²) in [6.45, 7) is 6.98. The maximum Gasteiger partial charge on any atom is 0.264 e. The van der Waals surface area contributed by atoms with Crippen LogP contribution in [0.2, 0.25) is 0 Å². The quantitative estimate of drug-likeness (QED) is 0.291. The van der Waals surface area contributed by atoms with Gasteiger partial charge in [-0.1, -0.05) is 45.0 Å². The van der Waals surface area contributed by atoms with Crippen LogP contribution in [0.15, 0.2) is 41.3 Å². The van der Waals surface area contributed by atoms with Gasteiger partial charge in [-0.2, -0.15) is 0 Å². The van der Waals surface area contributed by atoms with Crippen LogP contribution in [0.1, 0.15) is 91.4 Å². The lowest BCUT2D eigenvalue weighted by Gasteiger charge is -2.61. The van der Waals surface area contributed by atoms with Crippen LogP contribution < -0.4 is 14.9 Å². The number of hydrogen-bond donors (Lipinski definition) is 3. The third-order valence-electron chi connectivity index (χ3n) is 13.5. The van der Waals surface area contributed by atoms with Crippen molar-refractivity contribution in [1.82, 2.24) is 10.0 Å². The highest BCUT2D eigenvalue weighted by molar-refractivity contribution is 7.90. The number of amides is 2. The lowest BCUT2D eigenvalue weighted by molar-refractivity contribution is -0.130. The van der Waals surface area contributed by atoms with Crippen molar-refractivity contribution >= 4 is 38.3 Å². The molecule has 4 aliphatic carbocycles. The van der Waals surface area contributed by atoms with Crippen LogP contribution in [0.3, 0.4) is 0 Å². The van der Waals surface area contributed by atoms with Crippen molar-refractivity contribution in [2.75, 3.05) is 25.5 Å². The van der Waals surface area contributed by atoms with Crippen LogP contribution in [0.4, 0.5) is 5.69 Å². The predicted molar refractivity (Wildman–Crippen MR) is 186 cm³/mol. The zero-order chi connectivity index (χ0) is 33.7. The summed E-state index contributed by atoms with van der Waals surface area (Å²) in [4.78, 5) is 27.5. The molecule has 2 aromatic rings. The van der Waals surface area contributed by atoms with Gasteiger partial charge in [0.05, 0.1) is 17.5 Å². The predicted octanol–water partition coefficient (Wildman–Crippen LogP) is 6.26. The standard InChI is InChI=1S/C38H55N3O5S/c1-24(30-15-16-31-29-14-13-25-22-26(42)18-20-37(25,2)32(29)19-21-38(30,31)3)12-17-35(43)39-23-36(44)40-47(45,46)34-11-7-8-27-28(34)9-6-10-33(27)41(4)5/h6-11,24-26,29-32,42H,12-23H2,1-5H3,(H,39,43)(H,40,44)/t24-,25-,26-,29+,30-,31+,32+,37+,38-/m1/s1. The maximum atomic E-state index is 13.2. The average molecular weight is 666 g/mol. The maximum absolute atomic E-state index is 13.2. The number of nitrogens with one attached hydrogen (secondary N) is 2. The van der Waals surface area contributed by atoms with Crippen LogP contribution >= 0.6 is 0 Å². The van der Waals surface area contributed by atoms with Crippen molar-refractivity contribution in [3.63, 3.8) is 0 Å². The van der Waals surface area contributed by atoms with Gasteiger partial charge in [-0.05, 0) is 123 Å². The molecule has 4 fully saturated rings. The fraction of sp³-hybridized carbons (Fsp3) is 0.684. The summed E-state index contributed by atoms with van der Waals surface area (Å²) >= 11 is 0. The number of aliphatic hydroxyl groups is 1. The fourth-order valence-corrected chi connectivity index (χ4v) is 12.4. The lowest BCUT2D eigenvalue weighted by atomic mass is 9.44. The zero-order valence-corrected chi connectivity index (χ0v) is 29.7. The summed E-state index contributed by atoms with van der Waals surface area (Å²) in [7, 11) is -0.344. The molecule has 8 nitrogen and oxygen atoms in total. The molecule has 0 bridgehead atoms. The van der Waals surface area contributed by atoms with Gasteiger partial charge >= 0.3 is 0 Å². The number of nitrogens with zero attached hydrogens (tertiary/aromatic N) is 1. The molecule has 0 aliphatic heterocycles. The third-order valence-corrected chi connectivity index (χ3v) is 15.0. The van der Waals surface area contributed by atoms with Crippen molar-refractivity contribution in [3.8, 4) is 0 Å². The van der Waals surface area contributed by atoms with E-state index in [1.807, 2.05) is 31.1 Å². The van der Waals surface area contributed by atoms with E-state index >= 15 is 0 Å². The number of anilines is 1. The minimum Gasteiger partial charge on any atom is -0.393 e. The van der Waals surface area contributed by atoms with E-state index in [9.17, 15) is 23.1 Å². The molecule has 4 saturated carbocycles. The Morgan fingerprint density at radius 1 is 0.915 bits per heavy atom. The second-order valence-electron chi connectivity index (χ2n) is 16.2. The van der Waals surface area contributed by atoms with E-state index in [2.05, 4.69) is 30.8 Å². The Labute approximate surface area is 281 Å². The van der Waals surface area contributed by atoms with Gasteiger partial charge in [0.15, 0.2) is 0 Å². The van der Waals surface area contributed by atoms with Gasteiger partial charge in [0.25, 0.3) is 15.9 Å². The molecule has 0 saturated heterocycles. The number of rotatable bonds is 9. The molecule has 47 heavy (non-hydrogen) atoms. The molecular formula is C38H55N3O5S. The highest BCUT2D eigenvalue weighted by atomic mass is 32.2. The Bertz CT molecular complexity index is 1610. The highest BCUT2D eigenvalue weighted by Gasteiger charge is 2.60. The summed E-state index contributed by atoms with van der Waals surface area (Å²) in [5.41, 5.74) is 1.56. The molecule has 9 heteroatoms. The summed E-state index contributed by atoms with van der Waals surface area (Å²) < 4.78 is 28.6. The lowest BCUT2D eigenvalue weighted by Crippen LogP contribution is -2.54. The number of fused-ring (bicyclic) bond motifs is 6. The normalized spacial score (nSPS) is 34.1. The van der Waals surface area contributed by atoms with Crippen molar-refractivity contribution in [1.29, 1.82) is 0 Å². The first-order valence-electron chi connectivity index (χ1n) is 17.9. The average Bonchev–Trinajstić information content (AvgIpc) is 3.39. The molecule has 3 N–H and O–H groups in total. The Kier molecular flexibility index (Phi) is 9.46. The number of sulfonamides is 1. The van der Waals surface area contributed by atoms with E-state index in [-0.39, 0.29) is 23.5 Å². The molecule has 2 amide bonds. The van der Waals surface area contributed by atoms with Crippen LogP contribution in [0.25, 0.3) is 10.8 Å². The van der Waals surface area contributed by atoms with E-state index in [1.54, 1.807) is 18.2 Å². The first kappa shape index (κ1) is 34.2. The Morgan fingerprint density at radius 3 is 2.38 bits per heavy atom. The largest absolute Gasteiger partial charge is 0.393 e. The fourth-order valence-electron chi connectivity index (χ4n) is 11.2. The minimum absolute atomic E-state index is 0.0317. The molecule has 6 rings (SSSR count). The van der Waals surface area contributed by atoms with E-state index < -0.39 is 15.9 Å². The van der Waals surface area contributed by atoms with Crippen molar-refractivity contribution in [2.24, 2.45) is 46.3 Å². The number of carbonyl (C=O) groups is 2. The van der Waals surface area contributed by atoms with Gasteiger partial charge in [0.2, 0.25) is 5.91 Å². The smallest absolute Gasteiger partial charge is 0.264 e. The third kappa shape index (κ3) is 6.31. The molecule has 0 unspecified atom stereocenters. The summed E-state index contributed by atoms with van der Waals surface area (Å²) in [5, 5.41) is 14.3. The molecule has 0 heterocycles. The molecule has 4 aliphatic rings. The summed E-state index contributed by atoms with van der Waals surface area (Å²) in [6.07, 6.45) is 11.7. The summed E-state index contributed by atoms with van der Waals surface area (Å²) in [6, 6.07) is 10.5. The molecule has 0 aromatic heterocycles. The number of aliphatic hydroxyl groups excluding tert-OH is 1. The van der Waals surface area contributed by atoms with Crippen LogP contribution in [0, 0.1) is 46.3 Å². The van der Waals surface area contributed by atoms with Crippen molar-refractivity contribution < 1.29 is 23.1 Å². The van der Waals surface area contributed by atoms with Gasteiger partial charge in [-0.25, -0.2) is 13.1 Å². The van der Waals surface area contributed by atoms with E-state index in [4.69, 9.17) is 0 Å². The van der Waals surface area contributed by atoms with Gasteiger partial charge in [-0.15, -0.1) is 0 Å². The van der Waals surface area contributed by atoms with Gasteiger partial charge < -0.3 is 15.3 Å². The van der Waals surface area contributed by atoms with Crippen molar-refractivity contribution in [3.05, 3.63) is 36.4 Å². The highest BCUT2D eigenvalue weighted by Crippen LogP contribution is 2.68. The van der Waals surface area contributed by atoms with Crippen LogP contribution in [0.5, 0.6) is 0 Å². The van der Waals surface area contributed by atoms with Gasteiger partial charge in [-0.3, -0.25) is 9.59 Å². The monoisotopic (exact) mass is 665 g/mol.